The highest BCUT2D eigenvalue weighted by Crippen LogP contribution is 2.36. The van der Waals surface area contributed by atoms with E-state index in [0.717, 1.165) is 42.3 Å². The van der Waals surface area contributed by atoms with Crippen LogP contribution in [0.25, 0.3) is 11.3 Å². The van der Waals surface area contributed by atoms with E-state index in [9.17, 15) is 4.79 Å². The number of halogens is 1. The number of hydrogen-bond donors (Lipinski definition) is 0. The minimum Gasteiger partial charge on any atom is -0.496 e. The molecule has 1 fully saturated rings. The molecular formula is C18H21ClN2O3S. The maximum Gasteiger partial charge on any atom is 0.309 e. The fourth-order valence-electron chi connectivity index (χ4n) is 2.98. The van der Waals surface area contributed by atoms with Crippen LogP contribution in [0.5, 0.6) is 5.75 Å². The van der Waals surface area contributed by atoms with E-state index in [1.165, 1.54) is 0 Å². The Bertz CT molecular complexity index is 742. The van der Waals surface area contributed by atoms with E-state index in [0.29, 0.717) is 17.4 Å². The van der Waals surface area contributed by atoms with Gasteiger partial charge in [-0.1, -0.05) is 11.6 Å². The zero-order valence-corrected chi connectivity index (χ0v) is 15.9. The number of nitrogens with zero attached hydrogens (tertiary/aromatic N) is 2. The number of carbonyl (C=O) groups is 1. The minimum atomic E-state index is -0.0760. The van der Waals surface area contributed by atoms with Crippen LogP contribution in [-0.2, 0) is 9.53 Å². The van der Waals surface area contributed by atoms with Crippen LogP contribution < -0.4 is 9.64 Å². The number of aromatic nitrogens is 1. The summed E-state index contributed by atoms with van der Waals surface area (Å²) in [4.78, 5) is 18.8. The van der Waals surface area contributed by atoms with E-state index < -0.39 is 0 Å². The van der Waals surface area contributed by atoms with Gasteiger partial charge in [-0.3, -0.25) is 4.79 Å². The van der Waals surface area contributed by atoms with Crippen molar-refractivity contribution >= 4 is 34.0 Å². The molecule has 0 atom stereocenters. The third-order valence-corrected chi connectivity index (χ3v) is 5.45. The molecule has 0 saturated carbocycles. The van der Waals surface area contributed by atoms with Gasteiger partial charge in [0, 0.05) is 29.1 Å². The molecule has 1 aliphatic rings. The molecule has 2 aromatic rings. The second-order valence-electron chi connectivity index (χ2n) is 5.87. The summed E-state index contributed by atoms with van der Waals surface area (Å²) in [5, 5.41) is 3.63. The van der Waals surface area contributed by atoms with Crippen LogP contribution in [0.4, 0.5) is 5.13 Å². The zero-order valence-electron chi connectivity index (χ0n) is 14.3. The largest absolute Gasteiger partial charge is 0.496 e. The van der Waals surface area contributed by atoms with Crippen molar-refractivity contribution in [3.63, 3.8) is 0 Å². The highest BCUT2D eigenvalue weighted by molar-refractivity contribution is 7.14. The second-order valence-corrected chi connectivity index (χ2v) is 7.15. The number of methoxy groups -OCH3 is 1. The van der Waals surface area contributed by atoms with Crippen molar-refractivity contribution in [3.05, 3.63) is 28.6 Å². The van der Waals surface area contributed by atoms with Gasteiger partial charge in [0.05, 0.1) is 25.3 Å². The van der Waals surface area contributed by atoms with E-state index in [-0.39, 0.29) is 11.9 Å². The molecule has 0 aliphatic carbocycles. The van der Waals surface area contributed by atoms with Crippen molar-refractivity contribution in [2.75, 3.05) is 31.7 Å². The highest BCUT2D eigenvalue weighted by Gasteiger charge is 2.27. The molecule has 0 N–H and O–H groups in total. The molecule has 3 rings (SSSR count). The summed E-state index contributed by atoms with van der Waals surface area (Å²) < 4.78 is 10.5. The second kappa shape index (κ2) is 8.06. The van der Waals surface area contributed by atoms with Crippen molar-refractivity contribution in [2.45, 2.75) is 19.8 Å². The number of esters is 1. The maximum absolute atomic E-state index is 11.9. The van der Waals surface area contributed by atoms with E-state index in [1.807, 2.05) is 24.4 Å². The average molecular weight is 381 g/mol. The summed E-state index contributed by atoms with van der Waals surface area (Å²) in [6.45, 7) is 3.91. The molecule has 1 aromatic heterocycles. The van der Waals surface area contributed by atoms with Crippen LogP contribution >= 0.6 is 22.9 Å². The monoisotopic (exact) mass is 380 g/mol. The summed E-state index contributed by atoms with van der Waals surface area (Å²) in [5.74, 6) is 0.644. The van der Waals surface area contributed by atoms with Gasteiger partial charge in [0.25, 0.3) is 0 Å². The van der Waals surface area contributed by atoms with Gasteiger partial charge in [0.2, 0.25) is 0 Å². The number of rotatable bonds is 5. The van der Waals surface area contributed by atoms with Crippen molar-refractivity contribution < 1.29 is 14.3 Å². The quantitative estimate of drug-likeness (QED) is 0.726. The topological polar surface area (TPSA) is 51.7 Å². The van der Waals surface area contributed by atoms with E-state index >= 15 is 0 Å². The fourth-order valence-corrected chi connectivity index (χ4v) is 4.02. The molecule has 1 aromatic carbocycles. The molecule has 7 heteroatoms. The lowest BCUT2D eigenvalue weighted by Gasteiger charge is -2.30. The van der Waals surface area contributed by atoms with Gasteiger partial charge in [0.15, 0.2) is 5.13 Å². The van der Waals surface area contributed by atoms with Crippen LogP contribution in [0.1, 0.15) is 19.8 Å². The third-order valence-electron chi connectivity index (χ3n) is 4.32. The van der Waals surface area contributed by atoms with Gasteiger partial charge in [0.1, 0.15) is 5.75 Å². The Balaban J connectivity index is 1.70. The van der Waals surface area contributed by atoms with Crippen LogP contribution in [0, 0.1) is 5.92 Å². The third kappa shape index (κ3) is 4.07. The molecule has 0 spiro atoms. The first kappa shape index (κ1) is 18.0. The van der Waals surface area contributed by atoms with Gasteiger partial charge in [-0.25, -0.2) is 4.98 Å². The molecule has 1 saturated heterocycles. The van der Waals surface area contributed by atoms with E-state index in [1.54, 1.807) is 24.5 Å². The lowest BCUT2D eigenvalue weighted by atomic mass is 9.97. The van der Waals surface area contributed by atoms with E-state index in [2.05, 4.69) is 4.90 Å². The standard InChI is InChI=1S/C18H21ClN2O3S/c1-3-24-17(22)12-6-8-21(9-7-12)18-20-15(11-25-18)14-5-4-13(19)10-16(14)23-2/h4-5,10-12H,3,6-9H2,1-2H3. The van der Waals surface area contributed by atoms with Crippen LogP contribution in [0.3, 0.4) is 0 Å². The first-order valence-electron chi connectivity index (χ1n) is 8.33. The van der Waals surface area contributed by atoms with Gasteiger partial charge in [-0.2, -0.15) is 0 Å². The van der Waals surface area contributed by atoms with Crippen molar-refractivity contribution in [3.8, 4) is 17.0 Å². The molecule has 25 heavy (non-hydrogen) atoms. The molecular weight excluding hydrogens is 360 g/mol. The number of anilines is 1. The Labute approximate surface area is 156 Å². The molecule has 0 bridgehead atoms. The van der Waals surface area contributed by atoms with Crippen molar-refractivity contribution in [2.24, 2.45) is 5.92 Å². The number of ether oxygens (including phenoxy) is 2. The Kier molecular flexibility index (Phi) is 5.81. The van der Waals surface area contributed by atoms with Crippen molar-refractivity contribution in [1.29, 1.82) is 0 Å². The van der Waals surface area contributed by atoms with Gasteiger partial charge in [-0.15, -0.1) is 11.3 Å². The number of thiazole rings is 1. The summed E-state index contributed by atoms with van der Waals surface area (Å²) in [7, 11) is 1.63. The number of piperidine rings is 1. The van der Waals surface area contributed by atoms with E-state index in [4.69, 9.17) is 26.1 Å². The molecule has 0 radical (unpaired) electrons. The van der Waals surface area contributed by atoms with Gasteiger partial charge >= 0.3 is 5.97 Å². The predicted molar refractivity (Wildman–Crippen MR) is 101 cm³/mol. The normalized spacial score (nSPS) is 15.2. The SMILES string of the molecule is CCOC(=O)C1CCN(c2nc(-c3ccc(Cl)cc3OC)cs2)CC1. The Morgan fingerprint density at radius 3 is 2.84 bits per heavy atom. The maximum atomic E-state index is 11.9. The number of hydrogen-bond acceptors (Lipinski definition) is 6. The fraction of sp³-hybridized carbons (Fsp3) is 0.444. The minimum absolute atomic E-state index is 0.00647. The highest BCUT2D eigenvalue weighted by atomic mass is 35.5. The zero-order chi connectivity index (χ0) is 17.8. The Morgan fingerprint density at radius 1 is 1.40 bits per heavy atom. The average Bonchev–Trinajstić information content (AvgIpc) is 3.11. The van der Waals surface area contributed by atoms with Crippen molar-refractivity contribution in [1.82, 2.24) is 4.98 Å². The summed E-state index contributed by atoms with van der Waals surface area (Å²) in [5.41, 5.74) is 1.80. The van der Waals surface area contributed by atoms with Gasteiger partial charge in [-0.05, 0) is 38.0 Å². The molecule has 0 unspecified atom stereocenters. The molecule has 0 amide bonds. The molecule has 2 heterocycles. The molecule has 1 aliphatic heterocycles. The van der Waals surface area contributed by atoms with Crippen LogP contribution in [0.2, 0.25) is 5.02 Å². The smallest absolute Gasteiger partial charge is 0.309 e. The number of carbonyl (C=O) groups excluding carboxylic acids is 1. The predicted octanol–water partition coefficient (Wildman–Crippen LogP) is 4.25. The lowest BCUT2D eigenvalue weighted by molar-refractivity contribution is -0.148. The first-order valence-corrected chi connectivity index (χ1v) is 9.59. The summed E-state index contributed by atoms with van der Waals surface area (Å²) >= 11 is 7.63. The Morgan fingerprint density at radius 2 is 2.16 bits per heavy atom. The number of benzene rings is 1. The first-order chi connectivity index (χ1) is 12.1. The van der Waals surface area contributed by atoms with Crippen LogP contribution in [-0.4, -0.2) is 37.8 Å². The Hall–Kier alpha value is -1.79. The molecule has 134 valence electrons. The summed E-state index contributed by atoms with van der Waals surface area (Å²) in [6, 6.07) is 5.55. The molecule has 5 nitrogen and oxygen atoms in total. The lowest BCUT2D eigenvalue weighted by Crippen LogP contribution is -2.36. The van der Waals surface area contributed by atoms with Gasteiger partial charge < -0.3 is 14.4 Å². The van der Waals surface area contributed by atoms with Crippen LogP contribution in [0.15, 0.2) is 23.6 Å². The summed E-state index contributed by atoms with van der Waals surface area (Å²) in [6.07, 6.45) is 1.61.